The van der Waals surface area contributed by atoms with Gasteiger partial charge in [0.2, 0.25) is 17.4 Å². The van der Waals surface area contributed by atoms with E-state index in [1.807, 2.05) is 0 Å². The number of rotatable bonds is 4. The molecule has 0 aromatic heterocycles. The van der Waals surface area contributed by atoms with E-state index in [0.29, 0.717) is 6.07 Å². The van der Waals surface area contributed by atoms with Gasteiger partial charge in [-0.25, -0.2) is 8.78 Å². The Hall–Kier alpha value is -2.33. The van der Waals surface area contributed by atoms with Crippen molar-refractivity contribution in [2.45, 2.75) is 11.8 Å². The maximum atomic E-state index is 13.8. The largest absolute Gasteiger partial charge is 0.495 e. The maximum Gasteiger partial charge on any atom is 0.298 e. The lowest BCUT2D eigenvalue weighted by Crippen LogP contribution is -2.05. The molecule has 0 aliphatic rings. The number of halogens is 4. The van der Waals surface area contributed by atoms with Crippen LogP contribution in [0.3, 0.4) is 0 Å². The fraction of sp³-hybridized carbons (Fsp3) is 0.143. The van der Waals surface area contributed by atoms with Gasteiger partial charge < -0.3 is 9.47 Å². The molecule has 130 valence electrons. The fourth-order valence-corrected chi connectivity index (χ4v) is 2.52. The molecule has 2 rings (SSSR count). The second-order valence-corrected chi connectivity index (χ2v) is 5.99. The molecule has 10 heteroatoms. The summed E-state index contributed by atoms with van der Waals surface area (Å²) in [6, 6.07) is 2.74. The van der Waals surface area contributed by atoms with Gasteiger partial charge in [0.25, 0.3) is 10.1 Å². The van der Waals surface area contributed by atoms with Crippen LogP contribution < -0.4 is 9.47 Å². The summed E-state index contributed by atoms with van der Waals surface area (Å²) in [6.45, 7) is 0.838. The lowest BCUT2D eigenvalue weighted by Gasteiger charge is -2.12. The highest BCUT2D eigenvalue weighted by atomic mass is 32.2. The molecule has 2 aromatic rings. The molecule has 0 aliphatic heterocycles. The SMILES string of the molecule is COc1ccc(Oc2c(F)c(F)c(C)c(F)c2F)cc1S(=O)(=O)O. The van der Waals surface area contributed by atoms with Gasteiger partial charge in [0.15, 0.2) is 11.6 Å². The molecule has 0 fully saturated rings. The van der Waals surface area contributed by atoms with Crippen LogP contribution in [0.5, 0.6) is 17.2 Å². The van der Waals surface area contributed by atoms with E-state index in [2.05, 4.69) is 0 Å². The van der Waals surface area contributed by atoms with Gasteiger partial charge in [-0.05, 0) is 19.1 Å². The van der Waals surface area contributed by atoms with Crippen LogP contribution in [0.1, 0.15) is 5.56 Å². The zero-order valence-corrected chi connectivity index (χ0v) is 13.0. The average Bonchev–Trinajstić information content (AvgIpc) is 2.54. The first-order valence-corrected chi connectivity index (χ1v) is 7.67. The van der Waals surface area contributed by atoms with Crippen molar-refractivity contribution in [2.75, 3.05) is 7.11 Å². The molecule has 0 spiro atoms. The molecule has 0 atom stereocenters. The second kappa shape index (κ2) is 6.29. The third kappa shape index (κ3) is 3.15. The topological polar surface area (TPSA) is 72.8 Å². The quantitative estimate of drug-likeness (QED) is 0.509. The van der Waals surface area contributed by atoms with Crippen molar-refractivity contribution >= 4 is 10.1 Å². The second-order valence-electron chi connectivity index (χ2n) is 4.60. The van der Waals surface area contributed by atoms with E-state index in [9.17, 15) is 26.0 Å². The zero-order chi connectivity index (χ0) is 18.2. The first-order chi connectivity index (χ1) is 11.1. The van der Waals surface area contributed by atoms with Crippen molar-refractivity contribution in [3.05, 3.63) is 47.0 Å². The molecule has 0 saturated heterocycles. The van der Waals surface area contributed by atoms with E-state index in [-0.39, 0.29) is 5.75 Å². The van der Waals surface area contributed by atoms with Crippen LogP contribution in [0, 0.1) is 30.2 Å². The highest BCUT2D eigenvalue weighted by molar-refractivity contribution is 7.86. The van der Waals surface area contributed by atoms with Crippen molar-refractivity contribution in [3.8, 4) is 17.2 Å². The molecular weight excluding hydrogens is 356 g/mol. The monoisotopic (exact) mass is 366 g/mol. The third-order valence-corrected chi connectivity index (χ3v) is 3.95. The molecule has 1 N–H and O–H groups in total. The van der Waals surface area contributed by atoms with E-state index in [4.69, 9.17) is 14.0 Å². The third-order valence-electron chi connectivity index (χ3n) is 3.08. The minimum atomic E-state index is -4.74. The Balaban J connectivity index is 2.58. The fourth-order valence-electron chi connectivity index (χ4n) is 1.85. The first-order valence-electron chi connectivity index (χ1n) is 6.23. The molecule has 24 heavy (non-hydrogen) atoms. The van der Waals surface area contributed by atoms with Crippen molar-refractivity contribution in [1.29, 1.82) is 0 Å². The molecule has 2 aromatic carbocycles. The lowest BCUT2D eigenvalue weighted by molar-refractivity contribution is 0.359. The summed E-state index contributed by atoms with van der Waals surface area (Å²) in [5.41, 5.74) is -0.870. The summed E-state index contributed by atoms with van der Waals surface area (Å²) in [6.07, 6.45) is 0. The van der Waals surface area contributed by atoms with Crippen LogP contribution >= 0.6 is 0 Å². The molecule has 0 bridgehead atoms. The van der Waals surface area contributed by atoms with Gasteiger partial charge in [-0.3, -0.25) is 4.55 Å². The van der Waals surface area contributed by atoms with Crippen molar-refractivity contribution in [2.24, 2.45) is 0 Å². The van der Waals surface area contributed by atoms with Gasteiger partial charge in [-0.2, -0.15) is 17.2 Å². The highest BCUT2D eigenvalue weighted by Crippen LogP contribution is 2.35. The highest BCUT2D eigenvalue weighted by Gasteiger charge is 2.26. The number of benzene rings is 2. The van der Waals surface area contributed by atoms with Gasteiger partial charge in [0.05, 0.1) is 7.11 Å². The summed E-state index contributed by atoms with van der Waals surface area (Å²) in [4.78, 5) is -0.753. The normalized spacial score (nSPS) is 11.5. The summed E-state index contributed by atoms with van der Waals surface area (Å²) in [7, 11) is -3.62. The standard InChI is InChI=1S/C14H10F4O5S/c1-6-10(15)12(17)14(13(18)11(6)16)23-7-3-4-8(22-2)9(5-7)24(19,20)21/h3-5H,1-2H3,(H,19,20,21). The Morgan fingerprint density at radius 1 is 1.00 bits per heavy atom. The van der Waals surface area contributed by atoms with Gasteiger partial charge in [-0.1, -0.05) is 0 Å². The number of ether oxygens (including phenoxy) is 2. The minimum Gasteiger partial charge on any atom is -0.495 e. The van der Waals surface area contributed by atoms with E-state index in [1.54, 1.807) is 0 Å². The molecule has 0 amide bonds. The summed E-state index contributed by atoms with van der Waals surface area (Å²) >= 11 is 0. The Kier molecular flexibility index (Phi) is 4.72. The lowest BCUT2D eigenvalue weighted by atomic mass is 10.2. The molecule has 0 heterocycles. The number of hydrogen-bond donors (Lipinski definition) is 1. The smallest absolute Gasteiger partial charge is 0.298 e. The molecule has 0 saturated carbocycles. The Labute approximate surface area is 134 Å². The van der Waals surface area contributed by atoms with Gasteiger partial charge >= 0.3 is 0 Å². The van der Waals surface area contributed by atoms with Crippen LogP contribution in [0.4, 0.5) is 17.6 Å². The number of hydrogen-bond acceptors (Lipinski definition) is 4. The van der Waals surface area contributed by atoms with Crippen molar-refractivity contribution < 1.29 is 40.0 Å². The van der Waals surface area contributed by atoms with Gasteiger partial charge in [0.1, 0.15) is 16.4 Å². The molecule has 0 unspecified atom stereocenters. The first kappa shape index (κ1) is 18.0. The van der Waals surface area contributed by atoms with Crippen LogP contribution in [0.2, 0.25) is 0 Å². The summed E-state index contributed by atoms with van der Waals surface area (Å²) in [5.74, 6) is -9.01. The van der Waals surface area contributed by atoms with Crippen molar-refractivity contribution in [1.82, 2.24) is 0 Å². The van der Waals surface area contributed by atoms with E-state index < -0.39 is 55.3 Å². The predicted octanol–water partition coefficient (Wildman–Crippen LogP) is 3.60. The van der Waals surface area contributed by atoms with E-state index in [1.165, 1.54) is 0 Å². The Morgan fingerprint density at radius 2 is 1.54 bits per heavy atom. The van der Waals surface area contributed by atoms with Crippen LogP contribution in [-0.4, -0.2) is 20.1 Å². The molecule has 0 radical (unpaired) electrons. The van der Waals surface area contributed by atoms with Crippen molar-refractivity contribution in [3.63, 3.8) is 0 Å². The minimum absolute atomic E-state index is 0.271. The van der Waals surface area contributed by atoms with Gasteiger partial charge in [-0.15, -0.1) is 0 Å². The number of methoxy groups -OCH3 is 1. The maximum absolute atomic E-state index is 13.8. The van der Waals surface area contributed by atoms with E-state index >= 15 is 0 Å². The molecular formula is C14H10F4O5S. The average molecular weight is 366 g/mol. The van der Waals surface area contributed by atoms with Gasteiger partial charge in [0, 0.05) is 11.6 Å². The zero-order valence-electron chi connectivity index (χ0n) is 12.2. The Bertz CT molecular complexity index is 883. The van der Waals surface area contributed by atoms with Crippen LogP contribution in [-0.2, 0) is 10.1 Å². The molecule has 5 nitrogen and oxygen atoms in total. The van der Waals surface area contributed by atoms with Crippen LogP contribution in [0.15, 0.2) is 23.1 Å². The summed E-state index contributed by atoms with van der Waals surface area (Å²) in [5, 5.41) is 0. The summed E-state index contributed by atoms with van der Waals surface area (Å²) < 4.78 is 95.6. The predicted molar refractivity (Wildman–Crippen MR) is 73.9 cm³/mol. The van der Waals surface area contributed by atoms with Crippen LogP contribution in [0.25, 0.3) is 0 Å². The molecule has 0 aliphatic carbocycles. The van der Waals surface area contributed by atoms with E-state index in [0.717, 1.165) is 26.2 Å². The Morgan fingerprint density at radius 3 is 2.00 bits per heavy atom.